The molecule has 0 bridgehead atoms. The van der Waals surface area contributed by atoms with Gasteiger partial charge in [0.1, 0.15) is 0 Å². The number of piperidine rings is 1. The molecule has 3 rings (SSSR count). The molecule has 1 atom stereocenters. The van der Waals surface area contributed by atoms with Crippen LogP contribution in [0.5, 0.6) is 0 Å². The maximum Gasteiger partial charge on any atom is 0.255 e. The van der Waals surface area contributed by atoms with Gasteiger partial charge in [0.2, 0.25) is 0 Å². The zero-order chi connectivity index (χ0) is 13.1. The molecule has 1 amide bonds. The number of hydrogen-bond acceptors (Lipinski definition) is 4. The van der Waals surface area contributed by atoms with Crippen LogP contribution in [-0.2, 0) is 0 Å². The lowest BCUT2D eigenvalue weighted by Crippen LogP contribution is -2.43. The molecule has 2 fully saturated rings. The number of likely N-dealkylation sites (tertiary alicyclic amines) is 1. The van der Waals surface area contributed by atoms with Crippen LogP contribution in [0.4, 0.5) is 0 Å². The summed E-state index contributed by atoms with van der Waals surface area (Å²) in [6, 6.07) is 2.42. The van der Waals surface area contributed by atoms with E-state index in [4.69, 9.17) is 0 Å². The van der Waals surface area contributed by atoms with Crippen molar-refractivity contribution < 1.29 is 4.79 Å². The predicted octanol–water partition coefficient (Wildman–Crippen LogP) is 1.08. The van der Waals surface area contributed by atoms with Crippen molar-refractivity contribution in [1.82, 2.24) is 20.4 Å². The molecule has 1 aromatic heterocycles. The molecule has 5 nitrogen and oxygen atoms in total. The second kappa shape index (κ2) is 5.65. The first-order chi connectivity index (χ1) is 9.34. The summed E-state index contributed by atoms with van der Waals surface area (Å²) in [5.41, 5.74) is 0.646. The average Bonchev–Trinajstić information content (AvgIpc) is 3.02. The molecule has 19 heavy (non-hydrogen) atoms. The third kappa shape index (κ3) is 2.76. The quantitative estimate of drug-likeness (QED) is 0.864. The summed E-state index contributed by atoms with van der Waals surface area (Å²) in [5.74, 6) is 0.829. The van der Waals surface area contributed by atoms with E-state index >= 15 is 0 Å². The third-order valence-corrected chi connectivity index (χ3v) is 4.33. The highest BCUT2D eigenvalue weighted by Crippen LogP contribution is 2.26. The highest BCUT2D eigenvalue weighted by Gasteiger charge is 2.30. The van der Waals surface area contributed by atoms with Gasteiger partial charge in [-0.3, -0.25) is 4.79 Å². The smallest absolute Gasteiger partial charge is 0.255 e. The molecule has 1 unspecified atom stereocenters. The van der Waals surface area contributed by atoms with E-state index < -0.39 is 0 Å². The van der Waals surface area contributed by atoms with Gasteiger partial charge in [-0.1, -0.05) is 0 Å². The van der Waals surface area contributed by atoms with Gasteiger partial charge < -0.3 is 10.2 Å². The number of aromatic nitrogens is 2. The second-order valence-corrected chi connectivity index (χ2v) is 5.46. The van der Waals surface area contributed by atoms with Crippen LogP contribution in [0.1, 0.15) is 36.0 Å². The number of carbonyl (C=O) groups excluding carboxylic acids is 1. The van der Waals surface area contributed by atoms with Gasteiger partial charge in [0.05, 0.1) is 18.0 Å². The molecule has 0 saturated carbocycles. The minimum absolute atomic E-state index is 0.0905. The van der Waals surface area contributed by atoms with Gasteiger partial charge in [-0.05, 0) is 44.2 Å². The topological polar surface area (TPSA) is 58.1 Å². The maximum atomic E-state index is 12.3. The Labute approximate surface area is 113 Å². The summed E-state index contributed by atoms with van der Waals surface area (Å²) in [4.78, 5) is 14.2. The van der Waals surface area contributed by atoms with E-state index in [-0.39, 0.29) is 5.91 Å². The first-order valence-electron chi connectivity index (χ1n) is 7.14. The summed E-state index contributed by atoms with van der Waals surface area (Å²) in [7, 11) is 0. The summed E-state index contributed by atoms with van der Waals surface area (Å²) in [6.07, 6.45) is 7.94. The van der Waals surface area contributed by atoms with Crippen LogP contribution in [0.3, 0.4) is 0 Å². The standard InChI is InChI=1S/C14H20N4O/c19-14(12-3-7-16-17-10-12)18-8-4-11(5-9-18)13-2-1-6-15-13/h3,7,10-11,13,15H,1-2,4-6,8-9H2. The highest BCUT2D eigenvalue weighted by atomic mass is 16.2. The molecular weight excluding hydrogens is 240 g/mol. The van der Waals surface area contributed by atoms with Crippen molar-refractivity contribution in [2.24, 2.45) is 5.92 Å². The van der Waals surface area contributed by atoms with E-state index in [1.165, 1.54) is 12.8 Å². The molecule has 1 N–H and O–H groups in total. The highest BCUT2D eigenvalue weighted by molar-refractivity contribution is 5.93. The molecule has 2 saturated heterocycles. The van der Waals surface area contributed by atoms with E-state index in [0.29, 0.717) is 11.6 Å². The van der Waals surface area contributed by atoms with E-state index in [9.17, 15) is 4.79 Å². The fourth-order valence-electron chi connectivity index (χ4n) is 3.22. The molecule has 0 radical (unpaired) electrons. The molecule has 0 spiro atoms. The SMILES string of the molecule is O=C(c1ccnnc1)N1CCC(C2CCCN2)CC1. The fourth-order valence-corrected chi connectivity index (χ4v) is 3.22. The van der Waals surface area contributed by atoms with Crippen molar-refractivity contribution in [3.05, 3.63) is 24.0 Å². The molecule has 5 heteroatoms. The minimum Gasteiger partial charge on any atom is -0.339 e. The largest absolute Gasteiger partial charge is 0.339 e. The van der Waals surface area contributed by atoms with Gasteiger partial charge in [-0.25, -0.2) is 0 Å². The van der Waals surface area contributed by atoms with Crippen molar-refractivity contribution in [1.29, 1.82) is 0 Å². The van der Waals surface area contributed by atoms with E-state index in [0.717, 1.165) is 38.4 Å². The summed E-state index contributed by atoms with van der Waals surface area (Å²) in [5, 5.41) is 11.1. The van der Waals surface area contributed by atoms with Gasteiger partial charge in [0, 0.05) is 19.1 Å². The van der Waals surface area contributed by atoms with Crippen molar-refractivity contribution in [3.63, 3.8) is 0 Å². The Hall–Kier alpha value is -1.49. The lowest BCUT2D eigenvalue weighted by atomic mass is 9.88. The Morgan fingerprint density at radius 2 is 2.11 bits per heavy atom. The molecule has 102 valence electrons. The van der Waals surface area contributed by atoms with E-state index in [2.05, 4.69) is 15.5 Å². The molecule has 0 aromatic carbocycles. The molecule has 0 aliphatic carbocycles. The lowest BCUT2D eigenvalue weighted by Gasteiger charge is -2.34. The Morgan fingerprint density at radius 3 is 2.74 bits per heavy atom. The summed E-state index contributed by atoms with van der Waals surface area (Å²) >= 11 is 0. The van der Waals surface area contributed by atoms with Crippen LogP contribution in [0, 0.1) is 5.92 Å². The zero-order valence-corrected chi connectivity index (χ0v) is 11.1. The van der Waals surface area contributed by atoms with Gasteiger partial charge in [0.15, 0.2) is 0 Å². The van der Waals surface area contributed by atoms with Crippen LogP contribution >= 0.6 is 0 Å². The molecule has 3 heterocycles. The number of amides is 1. The fraction of sp³-hybridized carbons (Fsp3) is 0.643. The predicted molar refractivity (Wildman–Crippen MR) is 71.7 cm³/mol. The first-order valence-corrected chi connectivity index (χ1v) is 7.14. The first kappa shape index (κ1) is 12.5. The van der Waals surface area contributed by atoms with E-state index in [1.54, 1.807) is 18.5 Å². The maximum absolute atomic E-state index is 12.3. The lowest BCUT2D eigenvalue weighted by molar-refractivity contribution is 0.0674. The van der Waals surface area contributed by atoms with Crippen molar-refractivity contribution in [2.45, 2.75) is 31.7 Å². The second-order valence-electron chi connectivity index (χ2n) is 5.46. The number of carbonyl (C=O) groups is 1. The number of hydrogen-bond donors (Lipinski definition) is 1. The van der Waals surface area contributed by atoms with Crippen LogP contribution in [-0.4, -0.2) is 46.7 Å². The Morgan fingerprint density at radius 1 is 1.26 bits per heavy atom. The van der Waals surface area contributed by atoms with Crippen molar-refractivity contribution in [3.8, 4) is 0 Å². The number of nitrogens with one attached hydrogen (secondary N) is 1. The van der Waals surface area contributed by atoms with Crippen molar-refractivity contribution in [2.75, 3.05) is 19.6 Å². The van der Waals surface area contributed by atoms with Crippen molar-refractivity contribution >= 4 is 5.91 Å². The van der Waals surface area contributed by atoms with Crippen LogP contribution in [0.2, 0.25) is 0 Å². The average molecular weight is 260 g/mol. The van der Waals surface area contributed by atoms with Crippen LogP contribution < -0.4 is 5.32 Å². The third-order valence-electron chi connectivity index (χ3n) is 4.33. The van der Waals surface area contributed by atoms with Crippen LogP contribution in [0.15, 0.2) is 18.5 Å². The summed E-state index contributed by atoms with van der Waals surface area (Å²) in [6.45, 7) is 2.89. The van der Waals surface area contributed by atoms with Gasteiger partial charge >= 0.3 is 0 Å². The van der Waals surface area contributed by atoms with Crippen LogP contribution in [0.25, 0.3) is 0 Å². The molecular formula is C14H20N4O. The Balaban J connectivity index is 1.56. The molecule has 1 aromatic rings. The Kier molecular flexibility index (Phi) is 3.73. The van der Waals surface area contributed by atoms with E-state index in [1.807, 2.05) is 4.90 Å². The normalized spacial score (nSPS) is 24.6. The number of rotatable bonds is 2. The molecule has 2 aliphatic rings. The Bertz CT molecular complexity index is 422. The van der Waals surface area contributed by atoms with Gasteiger partial charge in [-0.15, -0.1) is 0 Å². The zero-order valence-electron chi connectivity index (χ0n) is 11.1. The molecule has 2 aliphatic heterocycles. The van der Waals surface area contributed by atoms with Gasteiger partial charge in [-0.2, -0.15) is 10.2 Å². The number of nitrogens with zero attached hydrogens (tertiary/aromatic N) is 3. The van der Waals surface area contributed by atoms with Gasteiger partial charge in [0.25, 0.3) is 5.91 Å². The summed E-state index contributed by atoms with van der Waals surface area (Å²) < 4.78 is 0. The minimum atomic E-state index is 0.0905. The monoisotopic (exact) mass is 260 g/mol.